The number of hydrogen-bond acceptors (Lipinski definition) is 3. The SMILES string of the molecule is CCCCCCCCCCCCCCCCCc1[nH]n2c(nc3ccccc32)c1OC(=O)Nc1ccc(Cl)cc1Cl. The van der Waals surface area contributed by atoms with Gasteiger partial charge in [0.15, 0.2) is 11.4 Å². The first kappa shape index (κ1) is 31.2. The summed E-state index contributed by atoms with van der Waals surface area (Å²) in [5.41, 5.74) is 3.68. The van der Waals surface area contributed by atoms with E-state index >= 15 is 0 Å². The molecule has 8 heteroatoms. The smallest absolute Gasteiger partial charge is 0.404 e. The van der Waals surface area contributed by atoms with E-state index in [2.05, 4.69) is 17.3 Å². The van der Waals surface area contributed by atoms with Gasteiger partial charge >= 0.3 is 6.09 Å². The number of anilines is 1. The third-order valence-corrected chi connectivity index (χ3v) is 8.23. The molecule has 1 amide bonds. The lowest BCUT2D eigenvalue weighted by Gasteiger charge is -2.09. The van der Waals surface area contributed by atoms with Crippen molar-refractivity contribution in [2.75, 3.05) is 5.32 Å². The third kappa shape index (κ3) is 9.40. The van der Waals surface area contributed by atoms with E-state index in [4.69, 9.17) is 32.9 Å². The zero-order valence-electron chi connectivity index (χ0n) is 24.3. The summed E-state index contributed by atoms with van der Waals surface area (Å²) in [4.78, 5) is 17.6. The van der Waals surface area contributed by atoms with E-state index in [9.17, 15) is 4.79 Å². The molecule has 0 fully saturated rings. The molecule has 0 aliphatic heterocycles. The summed E-state index contributed by atoms with van der Waals surface area (Å²) in [6.45, 7) is 2.28. The average molecular weight is 600 g/mol. The van der Waals surface area contributed by atoms with Gasteiger partial charge in [-0.25, -0.2) is 14.3 Å². The van der Waals surface area contributed by atoms with Crippen LogP contribution in [0.2, 0.25) is 10.0 Å². The number of nitrogens with zero attached hydrogens (tertiary/aromatic N) is 2. The third-order valence-electron chi connectivity index (χ3n) is 7.68. The van der Waals surface area contributed by atoms with E-state index in [-0.39, 0.29) is 0 Å². The molecule has 0 atom stereocenters. The molecule has 0 saturated carbocycles. The van der Waals surface area contributed by atoms with Crippen molar-refractivity contribution in [3.8, 4) is 5.75 Å². The maximum Gasteiger partial charge on any atom is 0.417 e. The van der Waals surface area contributed by atoms with Gasteiger partial charge in [-0.05, 0) is 43.2 Å². The van der Waals surface area contributed by atoms with Crippen molar-refractivity contribution >= 4 is 51.7 Å². The van der Waals surface area contributed by atoms with Gasteiger partial charge < -0.3 is 4.74 Å². The van der Waals surface area contributed by atoms with Gasteiger partial charge in [-0.2, -0.15) is 0 Å². The number of fused-ring (bicyclic) bond motifs is 3. The van der Waals surface area contributed by atoms with Gasteiger partial charge in [0.2, 0.25) is 0 Å². The van der Waals surface area contributed by atoms with Crippen LogP contribution in [0.25, 0.3) is 16.7 Å². The number of aryl methyl sites for hydroxylation is 1. The van der Waals surface area contributed by atoms with Crippen molar-refractivity contribution in [2.45, 2.75) is 110 Å². The lowest BCUT2D eigenvalue weighted by molar-refractivity contribution is 0.215. The van der Waals surface area contributed by atoms with Crippen LogP contribution in [0.1, 0.15) is 109 Å². The van der Waals surface area contributed by atoms with Crippen molar-refractivity contribution in [3.63, 3.8) is 0 Å². The lowest BCUT2D eigenvalue weighted by atomic mass is 10.0. The number of unbranched alkanes of at least 4 members (excludes halogenated alkanes) is 14. The number of carbonyl (C=O) groups is 1. The standard InChI is InChI=1S/C33H44Cl2N4O2/c1-2-3-4-5-6-7-8-9-10-11-12-13-14-15-16-20-29-31(32-36-28-19-17-18-21-30(28)39(32)38-29)41-33(40)37-27-23-22-25(34)24-26(27)35/h17-19,21-24,38H,2-16,20H2,1H3,(H,37,40). The molecule has 222 valence electrons. The molecule has 0 aliphatic rings. The van der Waals surface area contributed by atoms with E-state index in [1.807, 2.05) is 28.8 Å². The quantitative estimate of drug-likeness (QED) is 0.112. The molecule has 0 bridgehead atoms. The number of aromatic nitrogens is 3. The van der Waals surface area contributed by atoms with Crippen LogP contribution in [0.5, 0.6) is 5.75 Å². The highest BCUT2D eigenvalue weighted by Gasteiger charge is 2.21. The van der Waals surface area contributed by atoms with E-state index in [0.29, 0.717) is 27.1 Å². The normalized spacial score (nSPS) is 11.5. The minimum Gasteiger partial charge on any atom is -0.404 e. The molecular formula is C33H44Cl2N4O2. The number of hydrogen-bond donors (Lipinski definition) is 2. The minimum absolute atomic E-state index is 0.346. The number of halogens is 2. The summed E-state index contributed by atoms with van der Waals surface area (Å²) in [5.74, 6) is 0.453. The number of aromatic amines is 1. The van der Waals surface area contributed by atoms with Crippen LogP contribution in [-0.2, 0) is 6.42 Å². The number of nitrogens with one attached hydrogen (secondary N) is 2. The highest BCUT2D eigenvalue weighted by molar-refractivity contribution is 6.36. The Morgan fingerprint density at radius 3 is 2.10 bits per heavy atom. The van der Waals surface area contributed by atoms with Crippen molar-refractivity contribution in [1.82, 2.24) is 14.6 Å². The predicted molar refractivity (Wildman–Crippen MR) is 172 cm³/mol. The molecule has 0 spiro atoms. The predicted octanol–water partition coefficient (Wildman–Crippen LogP) is 11.1. The Morgan fingerprint density at radius 1 is 0.854 bits per heavy atom. The molecule has 0 unspecified atom stereocenters. The van der Waals surface area contributed by atoms with Crippen LogP contribution in [-0.4, -0.2) is 20.7 Å². The Bertz CT molecular complexity index is 1380. The van der Waals surface area contributed by atoms with Crippen LogP contribution >= 0.6 is 23.2 Å². The number of para-hydroxylation sites is 2. The van der Waals surface area contributed by atoms with Gasteiger partial charge in [0.05, 0.1) is 27.4 Å². The molecule has 6 nitrogen and oxygen atoms in total. The Labute approximate surface area is 254 Å². The van der Waals surface area contributed by atoms with Gasteiger partial charge in [0, 0.05) is 5.02 Å². The molecule has 0 radical (unpaired) electrons. The Kier molecular flexibility index (Phi) is 12.7. The topological polar surface area (TPSA) is 71.4 Å². The average Bonchev–Trinajstić information content (AvgIpc) is 3.48. The first-order valence-corrected chi connectivity index (χ1v) is 16.2. The Morgan fingerprint density at radius 2 is 1.46 bits per heavy atom. The summed E-state index contributed by atoms with van der Waals surface area (Å²) in [6.07, 6.45) is 20.0. The monoisotopic (exact) mass is 598 g/mol. The van der Waals surface area contributed by atoms with Gasteiger partial charge in [-0.3, -0.25) is 10.4 Å². The van der Waals surface area contributed by atoms with Crippen LogP contribution in [0.3, 0.4) is 0 Å². The second-order valence-corrected chi connectivity index (χ2v) is 11.9. The second-order valence-electron chi connectivity index (χ2n) is 11.0. The maximum absolute atomic E-state index is 12.9. The number of benzene rings is 2. The molecule has 2 aromatic carbocycles. The van der Waals surface area contributed by atoms with Crippen molar-refractivity contribution in [3.05, 3.63) is 58.2 Å². The van der Waals surface area contributed by atoms with Crippen molar-refractivity contribution in [1.29, 1.82) is 0 Å². The van der Waals surface area contributed by atoms with Gasteiger partial charge in [-0.15, -0.1) is 0 Å². The largest absolute Gasteiger partial charge is 0.417 e. The number of H-pyrrole nitrogens is 1. The van der Waals surface area contributed by atoms with E-state index in [1.165, 1.54) is 83.5 Å². The fourth-order valence-electron chi connectivity index (χ4n) is 5.38. The molecule has 2 N–H and O–H groups in total. The molecule has 4 aromatic rings. The summed E-state index contributed by atoms with van der Waals surface area (Å²) in [5, 5.41) is 6.99. The van der Waals surface area contributed by atoms with Crippen LogP contribution in [0.15, 0.2) is 42.5 Å². The second kappa shape index (κ2) is 16.7. The summed E-state index contributed by atoms with van der Waals surface area (Å²) >= 11 is 12.2. The van der Waals surface area contributed by atoms with E-state index < -0.39 is 6.09 Å². The van der Waals surface area contributed by atoms with Gasteiger partial charge in [0.1, 0.15) is 0 Å². The molecule has 4 rings (SSSR count). The first-order chi connectivity index (χ1) is 20.1. The molecule has 2 heterocycles. The molecular weight excluding hydrogens is 555 g/mol. The lowest BCUT2D eigenvalue weighted by Crippen LogP contribution is -2.17. The fourth-order valence-corrected chi connectivity index (χ4v) is 5.84. The molecule has 0 aliphatic carbocycles. The number of ether oxygens (including phenoxy) is 1. The maximum atomic E-state index is 12.9. The van der Waals surface area contributed by atoms with Crippen molar-refractivity contribution < 1.29 is 9.53 Å². The molecule has 0 saturated heterocycles. The number of rotatable bonds is 18. The van der Waals surface area contributed by atoms with E-state index in [1.54, 1.807) is 18.2 Å². The van der Waals surface area contributed by atoms with Gasteiger partial charge in [-0.1, -0.05) is 132 Å². The van der Waals surface area contributed by atoms with Gasteiger partial charge in [0.25, 0.3) is 0 Å². The van der Waals surface area contributed by atoms with Crippen LogP contribution < -0.4 is 10.1 Å². The summed E-state index contributed by atoms with van der Waals surface area (Å²) < 4.78 is 7.73. The van der Waals surface area contributed by atoms with Crippen LogP contribution in [0.4, 0.5) is 10.5 Å². The summed E-state index contributed by atoms with van der Waals surface area (Å²) in [6, 6.07) is 12.8. The molecule has 41 heavy (non-hydrogen) atoms. The zero-order chi connectivity index (χ0) is 28.9. The molecule has 2 aromatic heterocycles. The number of amides is 1. The number of carbonyl (C=O) groups excluding carboxylic acids is 1. The number of imidazole rings is 1. The highest BCUT2D eigenvalue weighted by Crippen LogP contribution is 2.31. The zero-order valence-corrected chi connectivity index (χ0v) is 25.8. The highest BCUT2D eigenvalue weighted by atomic mass is 35.5. The Balaban J connectivity index is 1.23. The minimum atomic E-state index is -0.625. The van der Waals surface area contributed by atoms with Crippen LogP contribution in [0, 0.1) is 0 Å². The fraction of sp³-hybridized carbons (Fsp3) is 0.515. The first-order valence-electron chi connectivity index (χ1n) is 15.5. The Hall–Kier alpha value is -2.70. The van der Waals surface area contributed by atoms with E-state index in [0.717, 1.165) is 36.0 Å². The summed E-state index contributed by atoms with van der Waals surface area (Å²) in [7, 11) is 0. The van der Waals surface area contributed by atoms with Crippen molar-refractivity contribution in [2.24, 2.45) is 0 Å².